The van der Waals surface area contributed by atoms with Crippen molar-refractivity contribution in [1.29, 1.82) is 0 Å². The van der Waals surface area contributed by atoms with Crippen LogP contribution in [0.2, 0.25) is 0 Å². The number of ether oxygens (including phenoxy) is 1. The Bertz CT molecular complexity index is 1090. The van der Waals surface area contributed by atoms with Crippen molar-refractivity contribution in [1.82, 2.24) is 25.0 Å². The van der Waals surface area contributed by atoms with E-state index in [-0.39, 0.29) is 0 Å². The van der Waals surface area contributed by atoms with Gasteiger partial charge >= 0.3 is 0 Å². The van der Waals surface area contributed by atoms with Crippen molar-refractivity contribution in [2.75, 3.05) is 7.11 Å². The molecule has 0 spiro atoms. The summed E-state index contributed by atoms with van der Waals surface area (Å²) in [7, 11) is 1.65. The molecule has 4 aromatic rings. The molecule has 0 saturated carbocycles. The summed E-state index contributed by atoms with van der Waals surface area (Å²) in [5.74, 6) is 1.62. The molecule has 0 amide bonds. The molecule has 0 aliphatic heterocycles. The molecule has 0 fully saturated rings. The summed E-state index contributed by atoms with van der Waals surface area (Å²) in [6.07, 6.45) is 1.57. The summed E-state index contributed by atoms with van der Waals surface area (Å²) in [4.78, 5) is 8.81. The lowest BCUT2D eigenvalue weighted by molar-refractivity contribution is 0.414. The lowest BCUT2D eigenvalue weighted by Crippen LogP contribution is -1.98. The number of hydrogen-bond donors (Lipinski definition) is 0. The first-order valence-corrected chi connectivity index (χ1v) is 9.54. The molecule has 0 N–H and O–H groups in total. The van der Waals surface area contributed by atoms with Crippen molar-refractivity contribution in [3.05, 3.63) is 65.5 Å². The smallest absolute Gasteiger partial charge is 0.187 e. The SMILES string of the molecule is COc1ccc(-n2nnc3c(SCc4cc(C)ccc4C)ncnc32)cc1. The van der Waals surface area contributed by atoms with E-state index < -0.39 is 0 Å². The number of rotatable bonds is 5. The Kier molecular flexibility index (Phi) is 4.77. The van der Waals surface area contributed by atoms with Gasteiger partial charge < -0.3 is 4.74 Å². The zero-order chi connectivity index (χ0) is 18.8. The minimum absolute atomic E-state index is 0.693. The average molecular weight is 377 g/mol. The number of aromatic nitrogens is 5. The van der Waals surface area contributed by atoms with Crippen LogP contribution < -0.4 is 4.74 Å². The Hall–Kier alpha value is -2.93. The molecule has 0 aliphatic carbocycles. The number of aryl methyl sites for hydroxylation is 2. The van der Waals surface area contributed by atoms with Gasteiger partial charge in [0.25, 0.3) is 0 Å². The van der Waals surface area contributed by atoms with Crippen molar-refractivity contribution >= 4 is 22.9 Å². The Balaban J connectivity index is 1.65. The van der Waals surface area contributed by atoms with Gasteiger partial charge in [-0.2, -0.15) is 4.68 Å². The van der Waals surface area contributed by atoms with E-state index in [1.807, 2.05) is 24.3 Å². The van der Waals surface area contributed by atoms with E-state index in [0.29, 0.717) is 11.2 Å². The molecule has 7 heteroatoms. The van der Waals surface area contributed by atoms with Crippen molar-refractivity contribution in [2.24, 2.45) is 0 Å². The normalized spacial score (nSPS) is 11.1. The van der Waals surface area contributed by atoms with Gasteiger partial charge in [-0.1, -0.05) is 40.7 Å². The third-order valence-corrected chi connectivity index (χ3v) is 5.42. The van der Waals surface area contributed by atoms with Crippen molar-refractivity contribution in [3.8, 4) is 11.4 Å². The van der Waals surface area contributed by atoms with E-state index >= 15 is 0 Å². The fourth-order valence-electron chi connectivity index (χ4n) is 2.83. The van der Waals surface area contributed by atoms with Gasteiger partial charge in [0.1, 0.15) is 17.1 Å². The van der Waals surface area contributed by atoms with Gasteiger partial charge in [-0.3, -0.25) is 0 Å². The van der Waals surface area contributed by atoms with Crippen molar-refractivity contribution < 1.29 is 4.74 Å². The largest absolute Gasteiger partial charge is 0.497 e. The first-order valence-electron chi connectivity index (χ1n) is 8.55. The maximum atomic E-state index is 5.21. The molecule has 2 aromatic heterocycles. The second-order valence-corrected chi connectivity index (χ2v) is 7.23. The van der Waals surface area contributed by atoms with Gasteiger partial charge in [0.2, 0.25) is 0 Å². The summed E-state index contributed by atoms with van der Waals surface area (Å²) in [6, 6.07) is 14.1. The van der Waals surface area contributed by atoms with Gasteiger partial charge in [0.05, 0.1) is 12.8 Å². The minimum atomic E-state index is 0.693. The van der Waals surface area contributed by atoms with E-state index in [0.717, 1.165) is 22.2 Å². The summed E-state index contributed by atoms with van der Waals surface area (Å²) < 4.78 is 6.93. The highest BCUT2D eigenvalue weighted by Gasteiger charge is 2.14. The molecule has 0 radical (unpaired) electrons. The third kappa shape index (κ3) is 3.50. The lowest BCUT2D eigenvalue weighted by atomic mass is 10.1. The van der Waals surface area contributed by atoms with Gasteiger partial charge in [0.15, 0.2) is 11.2 Å². The van der Waals surface area contributed by atoms with Crippen LogP contribution >= 0.6 is 11.8 Å². The second kappa shape index (κ2) is 7.36. The van der Waals surface area contributed by atoms with E-state index in [2.05, 4.69) is 52.3 Å². The Morgan fingerprint density at radius 2 is 1.85 bits per heavy atom. The molecule has 0 saturated heterocycles. The highest BCUT2D eigenvalue weighted by atomic mass is 32.2. The van der Waals surface area contributed by atoms with Gasteiger partial charge in [-0.05, 0) is 49.2 Å². The van der Waals surface area contributed by atoms with E-state index in [9.17, 15) is 0 Å². The molecular weight excluding hydrogens is 358 g/mol. The summed E-state index contributed by atoms with van der Waals surface area (Å²) in [5, 5.41) is 9.44. The summed E-state index contributed by atoms with van der Waals surface area (Å²) in [6.45, 7) is 4.24. The minimum Gasteiger partial charge on any atom is -0.497 e. The van der Waals surface area contributed by atoms with Crippen LogP contribution in [0.4, 0.5) is 0 Å². The van der Waals surface area contributed by atoms with Crippen LogP contribution in [0.15, 0.2) is 53.8 Å². The van der Waals surface area contributed by atoms with Crippen molar-refractivity contribution in [3.63, 3.8) is 0 Å². The highest BCUT2D eigenvalue weighted by molar-refractivity contribution is 7.98. The van der Waals surface area contributed by atoms with Crippen LogP contribution in [-0.4, -0.2) is 32.1 Å². The number of hydrogen-bond acceptors (Lipinski definition) is 6. The first-order chi connectivity index (χ1) is 13.2. The molecule has 0 aliphatic rings. The molecule has 6 nitrogen and oxygen atoms in total. The van der Waals surface area contributed by atoms with Gasteiger partial charge in [-0.15, -0.1) is 5.10 Å². The zero-order valence-electron chi connectivity index (χ0n) is 15.4. The fraction of sp³-hybridized carbons (Fsp3) is 0.200. The Labute approximate surface area is 161 Å². The maximum Gasteiger partial charge on any atom is 0.187 e. The van der Waals surface area contributed by atoms with Crippen LogP contribution in [0, 0.1) is 13.8 Å². The second-order valence-electron chi connectivity index (χ2n) is 6.27. The molecule has 2 aromatic carbocycles. The van der Waals surface area contributed by atoms with E-state index in [4.69, 9.17) is 4.74 Å². The van der Waals surface area contributed by atoms with Crippen LogP contribution in [-0.2, 0) is 5.75 Å². The average Bonchev–Trinajstić information content (AvgIpc) is 3.13. The Morgan fingerprint density at radius 3 is 2.63 bits per heavy atom. The van der Waals surface area contributed by atoms with Crippen molar-refractivity contribution in [2.45, 2.75) is 24.6 Å². The fourth-order valence-corrected chi connectivity index (χ4v) is 3.83. The quantitative estimate of drug-likeness (QED) is 0.385. The number of methoxy groups -OCH3 is 1. The lowest BCUT2D eigenvalue weighted by Gasteiger charge is -2.07. The van der Waals surface area contributed by atoms with Crippen LogP contribution in [0.5, 0.6) is 5.75 Å². The third-order valence-electron chi connectivity index (χ3n) is 4.39. The molecule has 136 valence electrons. The number of benzene rings is 2. The van der Waals surface area contributed by atoms with Crippen LogP contribution in [0.3, 0.4) is 0 Å². The van der Waals surface area contributed by atoms with Crippen LogP contribution in [0.25, 0.3) is 16.9 Å². The molecule has 4 rings (SSSR count). The number of nitrogens with zero attached hydrogens (tertiary/aromatic N) is 5. The standard InChI is InChI=1S/C20H19N5OS/c1-13-4-5-14(2)15(10-13)11-27-20-18-19(21-12-22-20)25(24-23-18)16-6-8-17(26-3)9-7-16/h4-10,12H,11H2,1-3H3. The number of fused-ring (bicyclic) bond motifs is 1. The van der Waals surface area contributed by atoms with Gasteiger partial charge in [-0.25, -0.2) is 9.97 Å². The Morgan fingerprint density at radius 1 is 1.04 bits per heavy atom. The van der Waals surface area contributed by atoms with E-state index in [1.165, 1.54) is 16.7 Å². The highest BCUT2D eigenvalue weighted by Crippen LogP contribution is 2.28. The first kappa shape index (κ1) is 17.5. The summed E-state index contributed by atoms with van der Waals surface area (Å²) >= 11 is 1.65. The van der Waals surface area contributed by atoms with Gasteiger partial charge in [0, 0.05) is 5.75 Å². The monoisotopic (exact) mass is 377 g/mol. The predicted molar refractivity (Wildman–Crippen MR) is 106 cm³/mol. The molecule has 2 heterocycles. The molecule has 0 bridgehead atoms. The number of thioether (sulfide) groups is 1. The van der Waals surface area contributed by atoms with Crippen LogP contribution in [0.1, 0.15) is 16.7 Å². The molecule has 0 atom stereocenters. The molecule has 27 heavy (non-hydrogen) atoms. The molecular formula is C20H19N5OS. The van der Waals surface area contributed by atoms with E-state index in [1.54, 1.807) is 29.9 Å². The topological polar surface area (TPSA) is 65.7 Å². The summed E-state index contributed by atoms with van der Waals surface area (Å²) in [5.41, 5.74) is 6.12. The molecule has 0 unspecified atom stereocenters. The maximum absolute atomic E-state index is 5.21. The predicted octanol–water partition coefficient (Wildman–Crippen LogP) is 4.13. The zero-order valence-corrected chi connectivity index (χ0v) is 16.2.